The molecule has 0 saturated carbocycles. The molecule has 5 nitrogen and oxygen atoms in total. The van der Waals surface area contributed by atoms with Crippen molar-refractivity contribution in [3.05, 3.63) is 48.6 Å². The van der Waals surface area contributed by atoms with Crippen molar-refractivity contribution in [1.29, 1.82) is 0 Å². The molecule has 0 aliphatic heterocycles. The Morgan fingerprint density at radius 1 is 0.375 bits per heavy atom. The second kappa shape index (κ2) is 53.9. The number of carbonyl (C=O) groups is 1. The van der Waals surface area contributed by atoms with Gasteiger partial charge in [-0.3, -0.25) is 4.79 Å². The summed E-state index contributed by atoms with van der Waals surface area (Å²) < 4.78 is 0. The normalized spacial score (nSPS) is 13.6. The van der Waals surface area contributed by atoms with Crippen molar-refractivity contribution in [2.24, 2.45) is 0 Å². The molecule has 0 aromatic rings. The van der Waals surface area contributed by atoms with Crippen LogP contribution >= 0.6 is 0 Å². The summed E-state index contributed by atoms with van der Waals surface area (Å²) in [5, 5.41) is 33.3. The smallest absolute Gasteiger partial charge is 0.249 e. The van der Waals surface area contributed by atoms with E-state index in [-0.39, 0.29) is 6.61 Å². The van der Waals surface area contributed by atoms with Crippen molar-refractivity contribution in [3.63, 3.8) is 0 Å². The number of aliphatic hydroxyl groups excluding tert-OH is 3. The van der Waals surface area contributed by atoms with E-state index < -0.39 is 24.2 Å². The Hall–Kier alpha value is -1.69. The highest BCUT2D eigenvalue weighted by atomic mass is 16.3. The van der Waals surface area contributed by atoms with Gasteiger partial charge in [-0.2, -0.15) is 0 Å². The fourth-order valence-corrected chi connectivity index (χ4v) is 8.68. The second-order valence-corrected chi connectivity index (χ2v) is 19.5. The average Bonchev–Trinajstić information content (AvgIpc) is 3.30. The predicted molar refractivity (Wildman–Crippen MR) is 282 cm³/mol. The summed E-state index contributed by atoms with van der Waals surface area (Å²) in [7, 11) is 0. The Labute approximate surface area is 399 Å². The number of nitrogens with one attached hydrogen (secondary N) is 1. The molecule has 0 radical (unpaired) electrons. The van der Waals surface area contributed by atoms with E-state index in [4.69, 9.17) is 0 Å². The molecule has 3 unspecified atom stereocenters. The van der Waals surface area contributed by atoms with Gasteiger partial charge in [0.05, 0.1) is 18.8 Å². The monoisotopic (exact) mass is 898 g/mol. The van der Waals surface area contributed by atoms with Gasteiger partial charge >= 0.3 is 0 Å². The van der Waals surface area contributed by atoms with Crippen LogP contribution in [-0.2, 0) is 4.79 Å². The lowest BCUT2D eigenvalue weighted by atomic mass is 10.0. The molecule has 0 fully saturated rings. The summed E-state index contributed by atoms with van der Waals surface area (Å²) in [6, 6.07) is -0.823. The van der Waals surface area contributed by atoms with Crippen LogP contribution < -0.4 is 5.32 Å². The third-order valence-electron chi connectivity index (χ3n) is 13.1. The lowest BCUT2D eigenvalue weighted by molar-refractivity contribution is -0.131. The molecule has 376 valence electrons. The highest BCUT2D eigenvalue weighted by Gasteiger charge is 2.22. The molecule has 0 aromatic heterocycles. The molecule has 0 heterocycles. The van der Waals surface area contributed by atoms with Crippen LogP contribution in [0.25, 0.3) is 0 Å². The van der Waals surface area contributed by atoms with Crippen molar-refractivity contribution >= 4 is 5.91 Å². The topological polar surface area (TPSA) is 89.8 Å². The van der Waals surface area contributed by atoms with E-state index in [9.17, 15) is 20.1 Å². The fourth-order valence-electron chi connectivity index (χ4n) is 8.68. The maximum atomic E-state index is 12.5. The van der Waals surface area contributed by atoms with E-state index in [1.165, 1.54) is 231 Å². The van der Waals surface area contributed by atoms with Gasteiger partial charge in [-0.1, -0.05) is 274 Å². The van der Waals surface area contributed by atoms with Gasteiger partial charge in [0.1, 0.15) is 6.10 Å². The Bertz CT molecular complexity index is 1040. The molecular weight excluding hydrogens is 787 g/mol. The first-order valence-electron chi connectivity index (χ1n) is 28.5. The third-order valence-corrected chi connectivity index (χ3v) is 13.1. The number of rotatable bonds is 52. The molecule has 0 saturated heterocycles. The first-order chi connectivity index (χ1) is 31.6. The van der Waals surface area contributed by atoms with Gasteiger partial charge in [-0.05, 0) is 70.6 Å². The van der Waals surface area contributed by atoms with E-state index in [1.54, 1.807) is 6.08 Å². The first kappa shape index (κ1) is 62.3. The quantitative estimate of drug-likeness (QED) is 0.0362. The summed E-state index contributed by atoms with van der Waals surface area (Å²) in [6.07, 6.45) is 71.9. The lowest BCUT2D eigenvalue weighted by Crippen LogP contribution is -2.48. The van der Waals surface area contributed by atoms with Crippen molar-refractivity contribution in [3.8, 4) is 0 Å². The molecule has 64 heavy (non-hydrogen) atoms. The van der Waals surface area contributed by atoms with E-state index in [2.05, 4.69) is 55.6 Å². The predicted octanol–water partition coefficient (Wildman–Crippen LogP) is 17.6. The van der Waals surface area contributed by atoms with Gasteiger partial charge in [-0.15, -0.1) is 0 Å². The largest absolute Gasteiger partial charge is 0.394 e. The van der Waals surface area contributed by atoms with Crippen LogP contribution in [0.1, 0.15) is 296 Å². The molecule has 4 N–H and O–H groups in total. The van der Waals surface area contributed by atoms with Crippen LogP contribution in [0.2, 0.25) is 0 Å². The second-order valence-electron chi connectivity index (χ2n) is 19.5. The molecule has 0 aliphatic carbocycles. The Kier molecular flexibility index (Phi) is 52.5. The number of aliphatic hydroxyl groups is 3. The molecule has 0 spiro atoms. The van der Waals surface area contributed by atoms with Crippen LogP contribution in [-0.4, -0.2) is 46.1 Å². The van der Waals surface area contributed by atoms with Gasteiger partial charge in [0, 0.05) is 0 Å². The molecule has 0 bridgehead atoms. The number of hydrogen-bond donors (Lipinski definition) is 4. The van der Waals surface area contributed by atoms with E-state index in [0.717, 1.165) is 44.9 Å². The lowest BCUT2D eigenvalue weighted by Gasteiger charge is -2.21. The van der Waals surface area contributed by atoms with E-state index >= 15 is 0 Å². The zero-order valence-corrected chi connectivity index (χ0v) is 42.9. The molecule has 1 amide bonds. The van der Waals surface area contributed by atoms with Gasteiger partial charge in [0.15, 0.2) is 0 Å². The Morgan fingerprint density at radius 2 is 0.641 bits per heavy atom. The summed E-state index contributed by atoms with van der Waals surface area (Å²) in [4.78, 5) is 12.5. The van der Waals surface area contributed by atoms with Crippen molar-refractivity contribution in [2.45, 2.75) is 315 Å². The van der Waals surface area contributed by atoms with Gasteiger partial charge in [-0.25, -0.2) is 0 Å². The summed E-state index contributed by atoms with van der Waals surface area (Å²) in [5.41, 5.74) is 0. The third kappa shape index (κ3) is 48.2. The number of hydrogen-bond acceptors (Lipinski definition) is 4. The van der Waals surface area contributed by atoms with Gasteiger partial charge in [0.2, 0.25) is 5.91 Å². The Balaban J connectivity index is 3.63. The van der Waals surface area contributed by atoms with Crippen molar-refractivity contribution in [1.82, 2.24) is 5.32 Å². The maximum Gasteiger partial charge on any atom is 0.249 e. The maximum absolute atomic E-state index is 12.5. The summed E-state index contributed by atoms with van der Waals surface area (Å²) >= 11 is 0. The highest BCUT2D eigenvalue weighted by Crippen LogP contribution is 2.16. The summed E-state index contributed by atoms with van der Waals surface area (Å²) in [6.45, 7) is 4.20. The van der Waals surface area contributed by atoms with Crippen LogP contribution in [0.4, 0.5) is 0 Å². The minimum atomic E-state index is -1.11. The molecular formula is C59H111NO4. The van der Waals surface area contributed by atoms with Gasteiger partial charge < -0.3 is 20.6 Å². The molecule has 5 heteroatoms. The Morgan fingerprint density at radius 3 is 0.953 bits per heavy atom. The number of amides is 1. The number of unbranched alkanes of at least 4 members (excludes halogenated alkanes) is 38. The molecule has 3 atom stereocenters. The number of allylic oxidation sites excluding steroid dienone is 7. The molecule has 0 aliphatic rings. The van der Waals surface area contributed by atoms with E-state index in [1.807, 2.05) is 6.08 Å². The minimum Gasteiger partial charge on any atom is -0.394 e. The van der Waals surface area contributed by atoms with Crippen molar-refractivity contribution < 1.29 is 20.1 Å². The SMILES string of the molecule is CCCCCCCCCCCCCC/C=C\CCCCCCCCCCCCCC(O)C(=O)NC(CO)C(O)/C=C/CC/C=C/CC/C=C/CCCCCCCCCCCCCCC. The minimum absolute atomic E-state index is 0.381. The standard InChI is InChI=1S/C59H111NO4/c1-3-5-7-9-11-13-15-17-19-21-23-25-27-28-29-30-32-34-36-38-40-42-44-46-48-50-52-54-58(63)59(64)60-56(55-61)57(62)53-51-49-47-45-43-41-39-37-35-33-31-26-24-22-20-18-16-14-12-10-8-6-4-2/h28-29,35,37,43,45,51,53,56-58,61-63H,3-27,30-34,36,38-42,44,46-50,52,54-55H2,1-2H3,(H,60,64)/b29-28-,37-35+,45-43+,53-51+. The van der Waals surface area contributed by atoms with Crippen LogP contribution in [0.5, 0.6) is 0 Å². The molecule has 0 aromatic carbocycles. The highest BCUT2D eigenvalue weighted by molar-refractivity contribution is 5.80. The van der Waals surface area contributed by atoms with Crippen molar-refractivity contribution in [2.75, 3.05) is 6.61 Å². The number of carbonyl (C=O) groups excluding carboxylic acids is 1. The average molecular weight is 899 g/mol. The van der Waals surface area contributed by atoms with Crippen LogP contribution in [0.3, 0.4) is 0 Å². The first-order valence-corrected chi connectivity index (χ1v) is 28.5. The zero-order chi connectivity index (χ0) is 46.5. The fraction of sp³-hybridized carbons (Fsp3) is 0.847. The molecule has 0 rings (SSSR count). The van der Waals surface area contributed by atoms with Crippen LogP contribution in [0, 0.1) is 0 Å². The zero-order valence-electron chi connectivity index (χ0n) is 42.9. The van der Waals surface area contributed by atoms with Gasteiger partial charge in [0.25, 0.3) is 0 Å². The summed E-state index contributed by atoms with van der Waals surface area (Å²) in [5.74, 6) is -0.515. The van der Waals surface area contributed by atoms with Crippen LogP contribution in [0.15, 0.2) is 48.6 Å². The van der Waals surface area contributed by atoms with E-state index in [0.29, 0.717) is 6.42 Å².